The van der Waals surface area contributed by atoms with E-state index >= 15 is 0 Å². The van der Waals surface area contributed by atoms with E-state index in [4.69, 9.17) is 32.3 Å². The lowest BCUT2D eigenvalue weighted by Gasteiger charge is -2.21. The number of phosphoric acid groups is 2. The summed E-state index contributed by atoms with van der Waals surface area (Å²) in [7, 11) is -9.77. The molecular formula is C63H110O16P2. The number of aliphatic hydroxyl groups excluding tert-OH is 2. The molecule has 16 nitrogen and oxygen atoms in total. The number of unbranched alkanes of at least 4 members (excludes halogenated alkanes) is 21. The van der Waals surface area contributed by atoms with Crippen molar-refractivity contribution in [3.05, 3.63) is 85.1 Å². The predicted octanol–water partition coefficient (Wildman–Crippen LogP) is 16.2. The number of aliphatic hydroxyl groups is 2. The van der Waals surface area contributed by atoms with Crippen molar-refractivity contribution in [3.63, 3.8) is 0 Å². The van der Waals surface area contributed by atoms with Crippen LogP contribution in [0.5, 0.6) is 0 Å². The van der Waals surface area contributed by atoms with Crippen molar-refractivity contribution in [1.29, 1.82) is 0 Å². The third-order valence-corrected chi connectivity index (χ3v) is 14.5. The smallest absolute Gasteiger partial charge is 0.463 e. The number of carbonyl (C=O) groups is 3. The molecule has 0 aromatic rings. The van der Waals surface area contributed by atoms with Gasteiger partial charge in [0, 0.05) is 19.3 Å². The topological polar surface area (TPSA) is 231 Å². The van der Waals surface area contributed by atoms with Gasteiger partial charge in [0.25, 0.3) is 0 Å². The van der Waals surface area contributed by atoms with E-state index in [1.165, 1.54) is 25.7 Å². The lowest BCUT2D eigenvalue weighted by molar-refractivity contribution is -0.161. The summed E-state index contributed by atoms with van der Waals surface area (Å²) in [5.41, 5.74) is 0. The summed E-state index contributed by atoms with van der Waals surface area (Å²) in [6, 6.07) is 0. The molecule has 0 radical (unpaired) electrons. The largest absolute Gasteiger partial charge is 0.472 e. The molecule has 0 bridgehead atoms. The van der Waals surface area contributed by atoms with E-state index in [1.54, 1.807) is 0 Å². The lowest BCUT2D eigenvalue weighted by Crippen LogP contribution is -2.30. The van der Waals surface area contributed by atoms with Crippen LogP contribution in [0.1, 0.15) is 239 Å². The first-order valence-corrected chi connectivity index (χ1v) is 33.9. The molecule has 5 unspecified atom stereocenters. The van der Waals surface area contributed by atoms with Crippen LogP contribution in [0.15, 0.2) is 85.1 Å². The van der Waals surface area contributed by atoms with Crippen LogP contribution in [0.25, 0.3) is 0 Å². The molecule has 0 saturated heterocycles. The zero-order valence-corrected chi connectivity index (χ0v) is 52.0. The molecule has 0 amide bonds. The van der Waals surface area contributed by atoms with Crippen molar-refractivity contribution in [2.24, 2.45) is 0 Å². The number of hydrogen-bond donors (Lipinski definition) is 4. The highest BCUT2D eigenvalue weighted by atomic mass is 31.2. The van der Waals surface area contributed by atoms with Crippen molar-refractivity contribution in [2.45, 2.75) is 257 Å². The number of phosphoric ester groups is 2. The van der Waals surface area contributed by atoms with Crippen LogP contribution in [-0.4, -0.2) is 95.9 Å². The summed E-state index contributed by atoms with van der Waals surface area (Å²) in [4.78, 5) is 58.1. The molecule has 0 aliphatic rings. The second kappa shape index (κ2) is 57.2. The van der Waals surface area contributed by atoms with Crippen molar-refractivity contribution < 1.29 is 75.8 Å². The maximum atomic E-state index is 12.9. The standard InChI is InChI=1S/C63H110O16P2/c1-4-7-10-13-16-19-22-25-27-28-30-33-34-37-40-43-46-49-61(66)73-52-58(64)53-75-80(69,70)76-54-59(65)55-77-81(71,72)78-57-60(79-63(68)51-48-45-42-39-36-31-24-21-18-15-12-9-6-3)56-74-62(67)50-47-44-41-38-35-32-29-26-23-20-17-14-11-8-5-2/h7-8,10-11,16-17,19-21,24-27,29,58-60,64-65H,4-6,9,12-15,18,22-23,28,30-57H2,1-3H3,(H,69,70)(H,71,72)/b10-7-,11-8-,19-16-,20-17-,24-21-,27-25-,29-26-. The van der Waals surface area contributed by atoms with Gasteiger partial charge in [-0.3, -0.25) is 32.5 Å². The molecule has 468 valence electrons. The van der Waals surface area contributed by atoms with E-state index in [9.17, 15) is 43.5 Å². The average molecular weight is 1190 g/mol. The van der Waals surface area contributed by atoms with Gasteiger partial charge in [0.05, 0.1) is 26.4 Å². The van der Waals surface area contributed by atoms with Gasteiger partial charge in [-0.25, -0.2) is 9.13 Å². The molecule has 4 N–H and O–H groups in total. The summed E-state index contributed by atoms with van der Waals surface area (Å²) in [5, 5.41) is 20.5. The van der Waals surface area contributed by atoms with Gasteiger partial charge in [-0.2, -0.15) is 0 Å². The van der Waals surface area contributed by atoms with E-state index in [2.05, 4.69) is 106 Å². The fourth-order valence-corrected chi connectivity index (χ4v) is 9.47. The van der Waals surface area contributed by atoms with Gasteiger partial charge in [-0.1, -0.05) is 196 Å². The monoisotopic (exact) mass is 1180 g/mol. The fraction of sp³-hybridized carbons (Fsp3) is 0.730. The van der Waals surface area contributed by atoms with Crippen LogP contribution in [0, 0.1) is 0 Å². The Kier molecular flexibility index (Phi) is 54.9. The molecule has 0 spiro atoms. The molecule has 0 heterocycles. The third-order valence-electron chi connectivity index (χ3n) is 12.6. The van der Waals surface area contributed by atoms with Gasteiger partial charge in [0.2, 0.25) is 0 Å². The molecule has 0 rings (SSSR count). The minimum absolute atomic E-state index is 0.0902. The lowest BCUT2D eigenvalue weighted by atomic mass is 10.1. The molecule has 0 aromatic heterocycles. The summed E-state index contributed by atoms with van der Waals surface area (Å²) in [6.45, 7) is 2.37. The van der Waals surface area contributed by atoms with Gasteiger partial charge >= 0.3 is 33.6 Å². The summed E-state index contributed by atoms with van der Waals surface area (Å²) >= 11 is 0. The van der Waals surface area contributed by atoms with E-state index in [0.717, 1.165) is 154 Å². The summed E-state index contributed by atoms with van der Waals surface area (Å²) in [5.74, 6) is -1.61. The molecule has 0 fully saturated rings. The minimum atomic E-state index is -4.92. The normalized spacial score (nSPS) is 15.0. The molecule has 81 heavy (non-hydrogen) atoms. The number of carbonyl (C=O) groups excluding carboxylic acids is 3. The molecule has 0 aromatic carbocycles. The summed E-state index contributed by atoms with van der Waals surface area (Å²) in [6.07, 6.45) is 57.9. The number of esters is 3. The van der Waals surface area contributed by atoms with Gasteiger partial charge in [-0.05, 0) is 109 Å². The maximum absolute atomic E-state index is 12.9. The Balaban J connectivity index is 4.69. The SMILES string of the molecule is CC/C=C\C/C=C\C/C=C\CCCCCCCCCC(=O)OCC(O)COP(=O)(O)OCC(O)COP(=O)(O)OCC(COC(=O)CCCCCCC/C=C\C/C=C\C/C=C\CC)OC(=O)CCCCCCC/C=C\CCCCCC. The van der Waals surface area contributed by atoms with Crippen LogP contribution >= 0.6 is 15.6 Å². The number of allylic oxidation sites excluding steroid dienone is 14. The molecular weight excluding hydrogens is 1070 g/mol. The first kappa shape index (κ1) is 77.7. The first-order chi connectivity index (χ1) is 39.2. The Bertz CT molecular complexity index is 1830. The van der Waals surface area contributed by atoms with Crippen molar-refractivity contribution >= 4 is 33.6 Å². The highest BCUT2D eigenvalue weighted by Crippen LogP contribution is 2.45. The zero-order chi connectivity index (χ0) is 59.6. The maximum Gasteiger partial charge on any atom is 0.472 e. The van der Waals surface area contributed by atoms with Crippen LogP contribution in [0.2, 0.25) is 0 Å². The molecule has 0 aliphatic heterocycles. The Hall–Kier alpha value is -3.27. The van der Waals surface area contributed by atoms with Gasteiger partial charge < -0.3 is 34.2 Å². The van der Waals surface area contributed by atoms with Crippen LogP contribution < -0.4 is 0 Å². The van der Waals surface area contributed by atoms with E-state index in [0.29, 0.717) is 19.3 Å². The molecule has 18 heteroatoms. The highest BCUT2D eigenvalue weighted by molar-refractivity contribution is 7.47. The fourth-order valence-electron chi connectivity index (χ4n) is 7.89. The summed E-state index contributed by atoms with van der Waals surface area (Å²) < 4.78 is 60.6. The first-order valence-electron chi connectivity index (χ1n) is 30.9. The number of ether oxygens (including phenoxy) is 3. The van der Waals surface area contributed by atoms with E-state index in [-0.39, 0.29) is 19.3 Å². The second-order valence-electron chi connectivity index (χ2n) is 20.4. The Morgan fingerprint density at radius 2 is 0.654 bits per heavy atom. The molecule has 0 saturated carbocycles. The Morgan fingerprint density at radius 3 is 1.05 bits per heavy atom. The van der Waals surface area contributed by atoms with Crippen LogP contribution in [-0.2, 0) is 55.8 Å². The van der Waals surface area contributed by atoms with Crippen LogP contribution in [0.4, 0.5) is 0 Å². The quantitative estimate of drug-likeness (QED) is 0.0146. The van der Waals surface area contributed by atoms with Gasteiger partial charge in [-0.15, -0.1) is 0 Å². The van der Waals surface area contributed by atoms with Crippen molar-refractivity contribution in [3.8, 4) is 0 Å². The number of rotatable bonds is 58. The van der Waals surface area contributed by atoms with Crippen molar-refractivity contribution in [1.82, 2.24) is 0 Å². The highest BCUT2D eigenvalue weighted by Gasteiger charge is 2.29. The predicted molar refractivity (Wildman–Crippen MR) is 325 cm³/mol. The Morgan fingerprint density at radius 1 is 0.358 bits per heavy atom. The molecule has 0 aliphatic carbocycles. The number of hydrogen-bond acceptors (Lipinski definition) is 14. The van der Waals surface area contributed by atoms with E-state index in [1.807, 2.05) is 0 Å². The van der Waals surface area contributed by atoms with Gasteiger partial charge in [0.15, 0.2) is 6.10 Å². The van der Waals surface area contributed by atoms with Crippen molar-refractivity contribution in [2.75, 3.05) is 39.6 Å². The third kappa shape index (κ3) is 58.3. The molecule has 5 atom stereocenters. The Labute approximate surface area is 489 Å². The van der Waals surface area contributed by atoms with Gasteiger partial charge in [0.1, 0.15) is 25.4 Å². The zero-order valence-electron chi connectivity index (χ0n) is 50.2. The van der Waals surface area contributed by atoms with E-state index < -0.39 is 91.5 Å². The second-order valence-corrected chi connectivity index (χ2v) is 23.3. The van der Waals surface area contributed by atoms with Crippen LogP contribution in [0.3, 0.4) is 0 Å². The minimum Gasteiger partial charge on any atom is -0.463 e. The average Bonchev–Trinajstić information content (AvgIpc) is 3.44.